The lowest BCUT2D eigenvalue weighted by Crippen LogP contribution is -2.32. The minimum absolute atomic E-state index is 0.114. The molecule has 6 heteroatoms. The maximum absolute atomic E-state index is 13.3. The van der Waals surface area contributed by atoms with Crippen molar-refractivity contribution in [2.24, 2.45) is 0 Å². The average molecular weight is 377 g/mol. The summed E-state index contributed by atoms with van der Waals surface area (Å²) in [7, 11) is 1.61. The quantitative estimate of drug-likeness (QED) is 0.720. The number of rotatable bonds is 5. The zero-order valence-corrected chi connectivity index (χ0v) is 15.6. The Morgan fingerprint density at radius 3 is 2.71 bits per heavy atom. The standard InChI is InChI=1S/C22H20FN3O2/c1-14-5-10-19(28-2)18(12-14)25-21-20-17(4-3-11-24-20)22(27)26(21)13-15-6-8-16(23)9-7-15/h3-12,21,25H,13H2,1-2H3. The molecule has 1 atom stereocenters. The number of carbonyl (C=O) groups excluding carboxylic acids is 1. The van der Waals surface area contributed by atoms with Gasteiger partial charge in [0, 0.05) is 12.7 Å². The summed E-state index contributed by atoms with van der Waals surface area (Å²) < 4.78 is 18.7. The Kier molecular flexibility index (Phi) is 4.69. The first kappa shape index (κ1) is 18.0. The van der Waals surface area contributed by atoms with E-state index in [0.29, 0.717) is 23.6 Å². The van der Waals surface area contributed by atoms with Gasteiger partial charge in [0.05, 0.1) is 24.1 Å². The van der Waals surface area contributed by atoms with Crippen molar-refractivity contribution >= 4 is 11.6 Å². The van der Waals surface area contributed by atoms with Crippen LogP contribution >= 0.6 is 0 Å². The molecular weight excluding hydrogens is 357 g/mol. The van der Waals surface area contributed by atoms with Gasteiger partial charge in [-0.2, -0.15) is 0 Å². The van der Waals surface area contributed by atoms with Crippen molar-refractivity contribution in [1.82, 2.24) is 9.88 Å². The first-order chi connectivity index (χ1) is 13.6. The number of fused-ring (bicyclic) bond motifs is 1. The molecule has 0 saturated carbocycles. The summed E-state index contributed by atoms with van der Waals surface area (Å²) in [6, 6.07) is 15.5. The number of nitrogens with zero attached hydrogens (tertiary/aromatic N) is 2. The van der Waals surface area contributed by atoms with Crippen LogP contribution in [0.4, 0.5) is 10.1 Å². The molecule has 1 unspecified atom stereocenters. The summed E-state index contributed by atoms with van der Waals surface area (Å²) in [4.78, 5) is 19.2. The molecule has 0 radical (unpaired) electrons. The molecule has 1 amide bonds. The minimum atomic E-state index is -0.454. The fraction of sp³-hybridized carbons (Fsp3) is 0.182. The Labute approximate surface area is 162 Å². The van der Waals surface area contributed by atoms with Crippen LogP contribution in [0, 0.1) is 12.7 Å². The second kappa shape index (κ2) is 7.31. The third-order valence-electron chi connectivity index (χ3n) is 4.81. The van der Waals surface area contributed by atoms with Crippen LogP contribution < -0.4 is 10.1 Å². The molecule has 1 aliphatic heterocycles. The molecule has 2 heterocycles. The van der Waals surface area contributed by atoms with Crippen molar-refractivity contribution in [3.63, 3.8) is 0 Å². The first-order valence-corrected chi connectivity index (χ1v) is 8.98. The van der Waals surface area contributed by atoms with Crippen LogP contribution in [0.15, 0.2) is 60.8 Å². The SMILES string of the molecule is COc1ccc(C)cc1NC1c2ncccc2C(=O)N1Cc1ccc(F)cc1. The fourth-order valence-corrected chi connectivity index (χ4v) is 3.41. The predicted molar refractivity (Wildman–Crippen MR) is 105 cm³/mol. The van der Waals surface area contributed by atoms with E-state index in [2.05, 4.69) is 10.3 Å². The van der Waals surface area contributed by atoms with E-state index in [-0.39, 0.29) is 11.7 Å². The molecule has 1 N–H and O–H groups in total. The summed E-state index contributed by atoms with van der Waals surface area (Å²) >= 11 is 0. The van der Waals surface area contributed by atoms with Gasteiger partial charge in [0.2, 0.25) is 0 Å². The molecule has 0 bridgehead atoms. The van der Waals surface area contributed by atoms with Gasteiger partial charge in [0.25, 0.3) is 5.91 Å². The molecule has 0 aliphatic carbocycles. The number of benzene rings is 2. The normalized spacial score (nSPS) is 15.5. The number of hydrogen-bond donors (Lipinski definition) is 1. The van der Waals surface area contributed by atoms with Gasteiger partial charge >= 0.3 is 0 Å². The number of carbonyl (C=O) groups is 1. The van der Waals surface area contributed by atoms with Crippen LogP contribution in [-0.2, 0) is 6.54 Å². The average Bonchev–Trinajstić information content (AvgIpc) is 2.96. The molecule has 0 saturated heterocycles. The summed E-state index contributed by atoms with van der Waals surface area (Å²) in [6.45, 7) is 2.33. The third kappa shape index (κ3) is 3.29. The van der Waals surface area contributed by atoms with Gasteiger partial charge in [0.1, 0.15) is 17.7 Å². The number of nitrogens with one attached hydrogen (secondary N) is 1. The van der Waals surface area contributed by atoms with Crippen molar-refractivity contribution in [2.75, 3.05) is 12.4 Å². The molecule has 2 aromatic carbocycles. The van der Waals surface area contributed by atoms with Gasteiger partial charge in [-0.3, -0.25) is 9.78 Å². The second-order valence-corrected chi connectivity index (χ2v) is 6.75. The van der Waals surface area contributed by atoms with Crippen molar-refractivity contribution in [1.29, 1.82) is 0 Å². The first-order valence-electron chi connectivity index (χ1n) is 8.98. The Hall–Kier alpha value is -3.41. The number of pyridine rings is 1. The highest BCUT2D eigenvalue weighted by atomic mass is 19.1. The zero-order chi connectivity index (χ0) is 19.7. The highest BCUT2D eigenvalue weighted by Gasteiger charge is 2.38. The second-order valence-electron chi connectivity index (χ2n) is 6.75. The van der Waals surface area contributed by atoms with E-state index in [1.807, 2.05) is 25.1 Å². The van der Waals surface area contributed by atoms with E-state index >= 15 is 0 Å². The molecule has 142 valence electrons. The van der Waals surface area contributed by atoms with Crippen LogP contribution in [0.3, 0.4) is 0 Å². The number of hydrogen-bond acceptors (Lipinski definition) is 4. The molecular formula is C22H20FN3O2. The van der Waals surface area contributed by atoms with Crippen LogP contribution in [-0.4, -0.2) is 22.9 Å². The van der Waals surface area contributed by atoms with Gasteiger partial charge in [0.15, 0.2) is 0 Å². The third-order valence-corrected chi connectivity index (χ3v) is 4.81. The maximum atomic E-state index is 13.3. The molecule has 0 spiro atoms. The maximum Gasteiger partial charge on any atom is 0.258 e. The molecule has 5 nitrogen and oxygen atoms in total. The largest absolute Gasteiger partial charge is 0.495 e. The van der Waals surface area contributed by atoms with E-state index in [0.717, 1.165) is 16.8 Å². The van der Waals surface area contributed by atoms with Crippen molar-refractivity contribution in [3.8, 4) is 5.75 Å². The lowest BCUT2D eigenvalue weighted by Gasteiger charge is -2.27. The van der Waals surface area contributed by atoms with Crippen LogP contribution in [0.2, 0.25) is 0 Å². The van der Waals surface area contributed by atoms with Crippen LogP contribution in [0.1, 0.15) is 33.3 Å². The molecule has 1 aromatic heterocycles. The molecule has 3 aromatic rings. The van der Waals surface area contributed by atoms with Crippen molar-refractivity contribution < 1.29 is 13.9 Å². The lowest BCUT2D eigenvalue weighted by molar-refractivity contribution is 0.0727. The van der Waals surface area contributed by atoms with Crippen LogP contribution in [0.5, 0.6) is 5.75 Å². The smallest absolute Gasteiger partial charge is 0.258 e. The molecule has 28 heavy (non-hydrogen) atoms. The Morgan fingerprint density at radius 2 is 1.96 bits per heavy atom. The summed E-state index contributed by atoms with van der Waals surface area (Å²) in [5, 5.41) is 3.41. The summed E-state index contributed by atoms with van der Waals surface area (Å²) in [6.07, 6.45) is 1.22. The van der Waals surface area contributed by atoms with E-state index in [4.69, 9.17) is 4.74 Å². The summed E-state index contributed by atoms with van der Waals surface area (Å²) in [5.74, 6) is 0.265. The summed E-state index contributed by atoms with van der Waals surface area (Å²) in [5.41, 5.74) is 3.92. The van der Waals surface area contributed by atoms with Crippen molar-refractivity contribution in [2.45, 2.75) is 19.6 Å². The highest BCUT2D eigenvalue weighted by Crippen LogP contribution is 2.36. The van der Waals surface area contributed by atoms with Gasteiger partial charge in [-0.25, -0.2) is 4.39 Å². The van der Waals surface area contributed by atoms with E-state index in [1.165, 1.54) is 12.1 Å². The number of amides is 1. The molecule has 4 rings (SSSR count). The van der Waals surface area contributed by atoms with Crippen molar-refractivity contribution in [3.05, 3.63) is 89.0 Å². The Morgan fingerprint density at radius 1 is 1.18 bits per heavy atom. The van der Waals surface area contributed by atoms with Gasteiger partial charge in [-0.1, -0.05) is 18.2 Å². The monoisotopic (exact) mass is 377 g/mol. The van der Waals surface area contributed by atoms with E-state index in [1.54, 1.807) is 42.5 Å². The molecule has 1 aliphatic rings. The van der Waals surface area contributed by atoms with E-state index < -0.39 is 6.17 Å². The lowest BCUT2D eigenvalue weighted by atomic mass is 10.1. The fourth-order valence-electron chi connectivity index (χ4n) is 3.41. The zero-order valence-electron chi connectivity index (χ0n) is 15.6. The number of halogens is 1. The number of aromatic nitrogens is 1. The van der Waals surface area contributed by atoms with Crippen LogP contribution in [0.25, 0.3) is 0 Å². The van der Waals surface area contributed by atoms with Gasteiger partial charge < -0.3 is 15.0 Å². The van der Waals surface area contributed by atoms with Gasteiger partial charge in [-0.05, 0) is 54.4 Å². The number of ether oxygens (including phenoxy) is 1. The Balaban J connectivity index is 1.71. The minimum Gasteiger partial charge on any atom is -0.495 e. The predicted octanol–water partition coefficient (Wildman–Crippen LogP) is 4.30. The molecule has 0 fully saturated rings. The number of anilines is 1. The van der Waals surface area contributed by atoms with Gasteiger partial charge in [-0.15, -0.1) is 0 Å². The number of aryl methyl sites for hydroxylation is 1. The Bertz CT molecular complexity index is 1020. The number of methoxy groups -OCH3 is 1. The highest BCUT2D eigenvalue weighted by molar-refractivity contribution is 5.99. The van der Waals surface area contributed by atoms with E-state index in [9.17, 15) is 9.18 Å². The topological polar surface area (TPSA) is 54.5 Å².